The van der Waals surface area contributed by atoms with Gasteiger partial charge in [-0.2, -0.15) is 0 Å². The summed E-state index contributed by atoms with van der Waals surface area (Å²) in [5.74, 6) is -0.753. The van der Waals surface area contributed by atoms with Crippen molar-refractivity contribution in [2.45, 2.75) is 50.4 Å². The van der Waals surface area contributed by atoms with Gasteiger partial charge in [-0.1, -0.05) is 18.7 Å². The number of hydrogen-bond acceptors (Lipinski definition) is 4. The van der Waals surface area contributed by atoms with E-state index in [1.807, 2.05) is 6.20 Å². The lowest BCUT2D eigenvalue weighted by molar-refractivity contribution is -0.133. The lowest BCUT2D eigenvalue weighted by Crippen LogP contribution is -2.13. The van der Waals surface area contributed by atoms with Gasteiger partial charge in [-0.25, -0.2) is 4.98 Å². The van der Waals surface area contributed by atoms with E-state index in [0.717, 1.165) is 49.7 Å². The zero-order valence-corrected chi connectivity index (χ0v) is 12.0. The molecule has 1 aromatic heterocycles. The van der Waals surface area contributed by atoms with Crippen molar-refractivity contribution < 1.29 is 14.6 Å². The third-order valence-electron chi connectivity index (χ3n) is 3.29. The van der Waals surface area contributed by atoms with Crippen LogP contribution >= 0.6 is 11.8 Å². The molecule has 0 bridgehead atoms. The smallest absolute Gasteiger partial charge is 0.313 e. The minimum absolute atomic E-state index is 0.0557. The second-order valence-corrected chi connectivity index (χ2v) is 5.59. The molecule has 2 rings (SSSR count). The molecule has 1 aliphatic rings. The number of rotatable bonds is 7. The van der Waals surface area contributed by atoms with Crippen LogP contribution in [-0.4, -0.2) is 39.1 Å². The Morgan fingerprint density at radius 3 is 3.16 bits per heavy atom. The lowest BCUT2D eigenvalue weighted by Gasteiger charge is -2.13. The van der Waals surface area contributed by atoms with Crippen molar-refractivity contribution in [1.29, 1.82) is 0 Å². The highest BCUT2D eigenvalue weighted by Crippen LogP contribution is 2.22. The molecule has 1 atom stereocenters. The van der Waals surface area contributed by atoms with Crippen LogP contribution in [0.25, 0.3) is 0 Å². The van der Waals surface area contributed by atoms with Crippen LogP contribution in [0.4, 0.5) is 0 Å². The van der Waals surface area contributed by atoms with E-state index < -0.39 is 5.97 Å². The number of carboxylic acids is 1. The first-order valence-electron chi connectivity index (χ1n) is 6.71. The zero-order chi connectivity index (χ0) is 13.7. The van der Waals surface area contributed by atoms with E-state index in [2.05, 4.69) is 16.5 Å². The number of nitrogens with zero attached hydrogens (tertiary/aromatic N) is 2. The molecule has 0 aliphatic carbocycles. The molecule has 5 nitrogen and oxygen atoms in total. The lowest BCUT2D eigenvalue weighted by atomic mass is 10.2. The van der Waals surface area contributed by atoms with Crippen LogP contribution in [0.15, 0.2) is 11.4 Å². The number of aliphatic carboxylic acids is 1. The second-order valence-electron chi connectivity index (χ2n) is 4.64. The fraction of sp³-hybridized carbons (Fsp3) is 0.692. The van der Waals surface area contributed by atoms with Gasteiger partial charge < -0.3 is 14.4 Å². The number of carboxylic acid groups (broad SMARTS) is 1. The fourth-order valence-corrected chi connectivity index (χ4v) is 3.04. The van der Waals surface area contributed by atoms with Crippen LogP contribution < -0.4 is 0 Å². The Morgan fingerprint density at radius 1 is 1.68 bits per heavy atom. The number of hydrogen-bond donors (Lipinski definition) is 1. The number of ether oxygens (including phenoxy) is 1. The Morgan fingerprint density at radius 2 is 2.53 bits per heavy atom. The minimum Gasteiger partial charge on any atom is -0.481 e. The molecule has 1 saturated heterocycles. The molecule has 2 heterocycles. The summed E-state index contributed by atoms with van der Waals surface area (Å²) < 4.78 is 7.76. The van der Waals surface area contributed by atoms with E-state index in [1.165, 1.54) is 11.8 Å². The van der Waals surface area contributed by atoms with Gasteiger partial charge in [-0.15, -0.1) is 0 Å². The van der Waals surface area contributed by atoms with Crippen molar-refractivity contribution in [2.75, 3.05) is 12.4 Å². The summed E-state index contributed by atoms with van der Waals surface area (Å²) >= 11 is 1.29. The average molecular weight is 284 g/mol. The van der Waals surface area contributed by atoms with Gasteiger partial charge in [0.15, 0.2) is 5.16 Å². The molecule has 1 fully saturated rings. The molecule has 0 amide bonds. The van der Waals surface area contributed by atoms with Crippen molar-refractivity contribution in [3.8, 4) is 0 Å². The third kappa shape index (κ3) is 3.98. The SMILES string of the molecule is CCc1cnc(SCC(=O)O)n1CCC1CCCO1. The van der Waals surface area contributed by atoms with Crippen LogP contribution in [0.5, 0.6) is 0 Å². The number of aryl methyl sites for hydroxylation is 1. The highest BCUT2D eigenvalue weighted by Gasteiger charge is 2.17. The van der Waals surface area contributed by atoms with E-state index in [9.17, 15) is 4.79 Å². The predicted molar refractivity (Wildman–Crippen MR) is 73.6 cm³/mol. The van der Waals surface area contributed by atoms with Crippen molar-refractivity contribution in [3.05, 3.63) is 11.9 Å². The maximum absolute atomic E-state index is 10.6. The third-order valence-corrected chi connectivity index (χ3v) is 4.26. The first-order valence-corrected chi connectivity index (χ1v) is 7.70. The Kier molecular flexibility index (Phi) is 5.27. The first kappa shape index (κ1) is 14.4. The van der Waals surface area contributed by atoms with Crippen molar-refractivity contribution in [2.24, 2.45) is 0 Å². The second kappa shape index (κ2) is 6.96. The zero-order valence-electron chi connectivity index (χ0n) is 11.2. The number of aromatic nitrogens is 2. The van der Waals surface area contributed by atoms with Crippen molar-refractivity contribution in [1.82, 2.24) is 9.55 Å². The first-order chi connectivity index (χ1) is 9.20. The summed E-state index contributed by atoms with van der Waals surface area (Å²) in [4.78, 5) is 15.0. The summed E-state index contributed by atoms with van der Waals surface area (Å²) in [7, 11) is 0. The maximum Gasteiger partial charge on any atom is 0.313 e. The van der Waals surface area contributed by atoms with E-state index in [1.54, 1.807) is 0 Å². The van der Waals surface area contributed by atoms with Gasteiger partial charge in [0.1, 0.15) is 0 Å². The maximum atomic E-state index is 10.6. The van der Waals surface area contributed by atoms with E-state index in [4.69, 9.17) is 9.84 Å². The number of imidazole rings is 1. The molecule has 0 radical (unpaired) electrons. The summed E-state index contributed by atoms with van der Waals surface area (Å²) in [6.45, 7) is 3.82. The predicted octanol–water partition coefficient (Wildman–Crippen LogP) is 2.19. The molecule has 1 aromatic rings. The topological polar surface area (TPSA) is 64.3 Å². The van der Waals surface area contributed by atoms with Crippen LogP contribution in [0.3, 0.4) is 0 Å². The summed E-state index contributed by atoms with van der Waals surface area (Å²) in [6.07, 6.45) is 6.36. The van der Waals surface area contributed by atoms with Gasteiger partial charge in [-0.3, -0.25) is 4.79 Å². The summed E-state index contributed by atoms with van der Waals surface area (Å²) in [5.41, 5.74) is 1.16. The standard InChI is InChI=1S/C13H20N2O3S/c1-2-10-8-14-13(19-9-12(16)17)15(10)6-5-11-4-3-7-18-11/h8,11H,2-7,9H2,1H3,(H,16,17). The molecule has 0 spiro atoms. The largest absolute Gasteiger partial charge is 0.481 e. The van der Waals surface area contributed by atoms with Crippen LogP contribution in [0.1, 0.15) is 31.9 Å². The van der Waals surface area contributed by atoms with Crippen LogP contribution in [0, 0.1) is 0 Å². The molecule has 0 aromatic carbocycles. The molecule has 1 N–H and O–H groups in total. The molecule has 0 saturated carbocycles. The van der Waals surface area contributed by atoms with Crippen molar-refractivity contribution in [3.63, 3.8) is 0 Å². The Labute approximate surface area is 117 Å². The molecular weight excluding hydrogens is 264 g/mol. The van der Waals surface area contributed by atoms with Gasteiger partial charge in [0.25, 0.3) is 0 Å². The normalized spacial score (nSPS) is 18.9. The van der Waals surface area contributed by atoms with E-state index in [0.29, 0.717) is 6.10 Å². The molecule has 6 heteroatoms. The van der Waals surface area contributed by atoms with Gasteiger partial charge in [-0.05, 0) is 25.7 Å². The molecule has 106 valence electrons. The Balaban J connectivity index is 1.98. The van der Waals surface area contributed by atoms with Gasteiger partial charge in [0, 0.05) is 25.0 Å². The van der Waals surface area contributed by atoms with Gasteiger partial charge in [0.05, 0.1) is 11.9 Å². The molecular formula is C13H20N2O3S. The van der Waals surface area contributed by atoms with Gasteiger partial charge >= 0.3 is 5.97 Å². The highest BCUT2D eigenvalue weighted by molar-refractivity contribution is 7.99. The Bertz CT molecular complexity index is 428. The quantitative estimate of drug-likeness (QED) is 0.778. The number of thioether (sulfide) groups is 1. The van der Waals surface area contributed by atoms with Crippen LogP contribution in [0.2, 0.25) is 0 Å². The fourth-order valence-electron chi connectivity index (χ4n) is 2.30. The van der Waals surface area contributed by atoms with E-state index in [-0.39, 0.29) is 5.75 Å². The average Bonchev–Trinajstić information content (AvgIpc) is 3.02. The Hall–Kier alpha value is -1.01. The molecule has 1 unspecified atom stereocenters. The molecule has 1 aliphatic heterocycles. The minimum atomic E-state index is -0.809. The van der Waals surface area contributed by atoms with E-state index >= 15 is 0 Å². The van der Waals surface area contributed by atoms with Gasteiger partial charge in [0.2, 0.25) is 0 Å². The number of carbonyl (C=O) groups is 1. The van der Waals surface area contributed by atoms with Crippen LogP contribution in [-0.2, 0) is 22.5 Å². The monoisotopic (exact) mass is 284 g/mol. The van der Waals surface area contributed by atoms with Crippen molar-refractivity contribution >= 4 is 17.7 Å². The summed E-state index contributed by atoms with van der Waals surface area (Å²) in [5, 5.41) is 9.56. The summed E-state index contributed by atoms with van der Waals surface area (Å²) in [6, 6.07) is 0. The highest BCUT2D eigenvalue weighted by atomic mass is 32.2. The molecule has 19 heavy (non-hydrogen) atoms.